The molecule has 1 fully saturated rings. The smallest absolute Gasteiger partial charge is 0.0664 e. The highest BCUT2D eigenvalue weighted by atomic mass is 16.3. The van der Waals surface area contributed by atoms with Gasteiger partial charge in [0.15, 0.2) is 0 Å². The third kappa shape index (κ3) is 2.47. The Balaban J connectivity index is 2.59. The predicted molar refractivity (Wildman–Crippen MR) is 59.4 cm³/mol. The van der Waals surface area contributed by atoms with Crippen molar-refractivity contribution in [1.82, 2.24) is 9.80 Å². The number of aliphatic hydroxyl groups excluding tert-OH is 1. The molecule has 84 valence electrons. The zero-order valence-electron chi connectivity index (χ0n) is 10.1. The number of rotatable bonds is 2. The molecule has 0 aromatic rings. The number of aliphatic hydroxyl groups is 1. The summed E-state index contributed by atoms with van der Waals surface area (Å²) >= 11 is 0. The molecule has 0 bridgehead atoms. The van der Waals surface area contributed by atoms with Crippen molar-refractivity contribution >= 4 is 0 Å². The molecular formula is C11H24N2O. The van der Waals surface area contributed by atoms with E-state index in [1.165, 1.54) is 0 Å². The minimum Gasteiger partial charge on any atom is -0.392 e. The third-order valence-electron chi connectivity index (χ3n) is 3.62. The summed E-state index contributed by atoms with van der Waals surface area (Å²) < 4.78 is 0. The van der Waals surface area contributed by atoms with Gasteiger partial charge in [0, 0.05) is 31.2 Å². The monoisotopic (exact) mass is 200 g/mol. The van der Waals surface area contributed by atoms with E-state index in [-0.39, 0.29) is 17.7 Å². The van der Waals surface area contributed by atoms with Crippen molar-refractivity contribution in [1.29, 1.82) is 0 Å². The standard InChI is InChI=1S/C11H24N2O/c1-9(10(2)14)13-7-6-12(5)11(3,4)8-13/h9-10,14H,6-8H2,1-5H3. The van der Waals surface area contributed by atoms with Gasteiger partial charge in [-0.25, -0.2) is 0 Å². The Morgan fingerprint density at radius 2 is 1.79 bits per heavy atom. The van der Waals surface area contributed by atoms with E-state index in [0.717, 1.165) is 19.6 Å². The van der Waals surface area contributed by atoms with E-state index in [1.54, 1.807) is 0 Å². The van der Waals surface area contributed by atoms with Crippen molar-refractivity contribution in [3.05, 3.63) is 0 Å². The molecule has 1 aliphatic heterocycles. The summed E-state index contributed by atoms with van der Waals surface area (Å²) in [7, 11) is 2.17. The second-order valence-corrected chi connectivity index (χ2v) is 5.19. The lowest BCUT2D eigenvalue weighted by Gasteiger charge is -2.47. The molecule has 3 nitrogen and oxygen atoms in total. The molecule has 0 saturated carbocycles. The molecule has 1 saturated heterocycles. The number of piperazine rings is 1. The molecule has 0 radical (unpaired) electrons. The Kier molecular flexibility index (Phi) is 3.56. The Bertz CT molecular complexity index is 192. The van der Waals surface area contributed by atoms with Gasteiger partial charge in [0.05, 0.1) is 6.10 Å². The van der Waals surface area contributed by atoms with Crippen LogP contribution in [0.15, 0.2) is 0 Å². The van der Waals surface area contributed by atoms with Crippen LogP contribution in [0.1, 0.15) is 27.7 Å². The van der Waals surface area contributed by atoms with E-state index in [2.05, 4.69) is 37.6 Å². The van der Waals surface area contributed by atoms with Gasteiger partial charge in [-0.15, -0.1) is 0 Å². The van der Waals surface area contributed by atoms with Crippen LogP contribution in [0.3, 0.4) is 0 Å². The number of hydrogen-bond donors (Lipinski definition) is 1. The molecule has 1 heterocycles. The van der Waals surface area contributed by atoms with Crippen LogP contribution in [0.4, 0.5) is 0 Å². The van der Waals surface area contributed by atoms with Gasteiger partial charge in [-0.3, -0.25) is 9.80 Å². The lowest BCUT2D eigenvalue weighted by Crippen LogP contribution is -2.60. The van der Waals surface area contributed by atoms with Crippen molar-refractivity contribution in [3.8, 4) is 0 Å². The first kappa shape index (κ1) is 12.0. The van der Waals surface area contributed by atoms with E-state index >= 15 is 0 Å². The lowest BCUT2D eigenvalue weighted by atomic mass is 9.98. The van der Waals surface area contributed by atoms with Gasteiger partial charge in [-0.1, -0.05) is 0 Å². The summed E-state index contributed by atoms with van der Waals surface area (Å²) in [5.74, 6) is 0. The quantitative estimate of drug-likeness (QED) is 0.713. The maximum absolute atomic E-state index is 9.55. The van der Waals surface area contributed by atoms with Crippen molar-refractivity contribution in [3.63, 3.8) is 0 Å². The fourth-order valence-electron chi connectivity index (χ4n) is 1.93. The van der Waals surface area contributed by atoms with E-state index in [9.17, 15) is 5.11 Å². The van der Waals surface area contributed by atoms with Gasteiger partial charge >= 0.3 is 0 Å². The SMILES string of the molecule is CC(O)C(C)N1CCN(C)C(C)(C)C1. The summed E-state index contributed by atoms with van der Waals surface area (Å²) in [5.41, 5.74) is 0.224. The number of hydrogen-bond acceptors (Lipinski definition) is 3. The highest BCUT2D eigenvalue weighted by Gasteiger charge is 2.33. The van der Waals surface area contributed by atoms with Gasteiger partial charge < -0.3 is 5.11 Å². The zero-order valence-corrected chi connectivity index (χ0v) is 10.1. The molecule has 0 aliphatic carbocycles. The van der Waals surface area contributed by atoms with Crippen LogP contribution in [-0.4, -0.2) is 59.3 Å². The Hall–Kier alpha value is -0.120. The van der Waals surface area contributed by atoms with E-state index in [0.29, 0.717) is 0 Å². The highest BCUT2D eigenvalue weighted by molar-refractivity contribution is 4.90. The van der Waals surface area contributed by atoms with Crippen molar-refractivity contribution < 1.29 is 5.11 Å². The molecule has 0 aromatic carbocycles. The van der Waals surface area contributed by atoms with E-state index in [1.807, 2.05) is 6.92 Å². The lowest BCUT2D eigenvalue weighted by molar-refractivity contribution is -0.0128. The van der Waals surface area contributed by atoms with Gasteiger partial charge in [0.1, 0.15) is 0 Å². The van der Waals surface area contributed by atoms with Crippen LogP contribution in [0.25, 0.3) is 0 Å². The van der Waals surface area contributed by atoms with Gasteiger partial charge in [-0.05, 0) is 34.7 Å². The number of likely N-dealkylation sites (N-methyl/N-ethyl adjacent to an activating group) is 1. The van der Waals surface area contributed by atoms with Crippen LogP contribution in [-0.2, 0) is 0 Å². The third-order valence-corrected chi connectivity index (χ3v) is 3.62. The summed E-state index contributed by atoms with van der Waals surface area (Å²) in [6, 6.07) is 0.267. The second kappa shape index (κ2) is 4.17. The zero-order chi connectivity index (χ0) is 10.9. The van der Waals surface area contributed by atoms with Crippen molar-refractivity contribution in [2.45, 2.75) is 45.4 Å². The molecule has 14 heavy (non-hydrogen) atoms. The second-order valence-electron chi connectivity index (χ2n) is 5.19. The van der Waals surface area contributed by atoms with Crippen LogP contribution < -0.4 is 0 Å². The van der Waals surface area contributed by atoms with Crippen LogP contribution in [0, 0.1) is 0 Å². The number of nitrogens with zero attached hydrogens (tertiary/aromatic N) is 2. The maximum Gasteiger partial charge on any atom is 0.0664 e. The molecule has 0 spiro atoms. The summed E-state index contributed by atoms with van der Waals surface area (Å²) in [5, 5.41) is 9.55. The predicted octanol–water partition coefficient (Wildman–Crippen LogP) is 0.782. The molecule has 1 N–H and O–H groups in total. The molecule has 1 aliphatic rings. The summed E-state index contributed by atoms with van der Waals surface area (Å²) in [6.45, 7) is 11.7. The molecular weight excluding hydrogens is 176 g/mol. The molecule has 3 heteroatoms. The first-order valence-electron chi connectivity index (χ1n) is 5.48. The van der Waals surface area contributed by atoms with Crippen LogP contribution in [0.2, 0.25) is 0 Å². The average Bonchev–Trinajstić information content (AvgIpc) is 2.08. The Morgan fingerprint density at radius 1 is 1.21 bits per heavy atom. The van der Waals surface area contributed by atoms with Crippen LogP contribution in [0.5, 0.6) is 0 Å². The molecule has 2 atom stereocenters. The van der Waals surface area contributed by atoms with Crippen molar-refractivity contribution in [2.24, 2.45) is 0 Å². The highest BCUT2D eigenvalue weighted by Crippen LogP contribution is 2.21. The first-order valence-corrected chi connectivity index (χ1v) is 5.48. The fraction of sp³-hybridized carbons (Fsp3) is 1.00. The Morgan fingerprint density at radius 3 is 2.21 bits per heavy atom. The van der Waals surface area contributed by atoms with Gasteiger partial charge in [0.2, 0.25) is 0 Å². The molecule has 1 rings (SSSR count). The van der Waals surface area contributed by atoms with E-state index in [4.69, 9.17) is 0 Å². The average molecular weight is 200 g/mol. The fourth-order valence-corrected chi connectivity index (χ4v) is 1.93. The summed E-state index contributed by atoms with van der Waals surface area (Å²) in [4.78, 5) is 4.77. The molecule has 0 amide bonds. The minimum atomic E-state index is -0.241. The Labute approximate surface area is 87.7 Å². The largest absolute Gasteiger partial charge is 0.392 e. The van der Waals surface area contributed by atoms with Crippen molar-refractivity contribution in [2.75, 3.05) is 26.7 Å². The molecule has 2 unspecified atom stereocenters. The normalized spacial score (nSPS) is 28.7. The van der Waals surface area contributed by atoms with Crippen LogP contribution >= 0.6 is 0 Å². The van der Waals surface area contributed by atoms with Gasteiger partial charge in [-0.2, -0.15) is 0 Å². The topological polar surface area (TPSA) is 26.7 Å². The van der Waals surface area contributed by atoms with E-state index < -0.39 is 0 Å². The summed E-state index contributed by atoms with van der Waals surface area (Å²) in [6.07, 6.45) is -0.241. The first-order chi connectivity index (χ1) is 6.34. The molecule has 0 aromatic heterocycles. The maximum atomic E-state index is 9.55. The van der Waals surface area contributed by atoms with Gasteiger partial charge in [0.25, 0.3) is 0 Å². The minimum absolute atomic E-state index is 0.224.